The molecule has 0 aliphatic carbocycles. The first kappa shape index (κ1) is 24.5. The highest BCUT2D eigenvalue weighted by atomic mass is 16.5. The highest BCUT2D eigenvalue weighted by molar-refractivity contribution is 5.75. The lowest BCUT2D eigenvalue weighted by Crippen LogP contribution is -2.52. The zero-order valence-corrected chi connectivity index (χ0v) is 20.5. The van der Waals surface area contributed by atoms with E-state index in [1.165, 1.54) is 0 Å². The van der Waals surface area contributed by atoms with Crippen molar-refractivity contribution in [3.8, 4) is 0 Å². The molecular weight excluding hydrogens is 420 g/mol. The number of hydrogen-bond donors (Lipinski definition) is 0. The lowest BCUT2D eigenvalue weighted by atomic mass is 10.3. The quantitative estimate of drug-likeness (QED) is 0.509. The minimum Gasteiger partial charge on any atom is -0.381 e. The van der Waals surface area contributed by atoms with Gasteiger partial charge >= 0.3 is 12.1 Å². The van der Waals surface area contributed by atoms with E-state index in [0.29, 0.717) is 0 Å². The molecule has 0 unspecified atom stereocenters. The van der Waals surface area contributed by atoms with Crippen molar-refractivity contribution in [1.29, 1.82) is 0 Å². The Balaban J connectivity index is 0.971. The molecule has 9 heteroatoms. The summed E-state index contributed by atoms with van der Waals surface area (Å²) in [6.07, 6.45) is 6.73. The van der Waals surface area contributed by atoms with Gasteiger partial charge in [0.15, 0.2) is 0 Å². The molecule has 0 aromatic rings. The van der Waals surface area contributed by atoms with Crippen LogP contribution in [-0.4, -0.2) is 146 Å². The molecule has 0 atom stereocenters. The van der Waals surface area contributed by atoms with Crippen LogP contribution in [0.25, 0.3) is 0 Å². The third kappa shape index (κ3) is 7.20. The van der Waals surface area contributed by atoms with Crippen molar-refractivity contribution in [3.05, 3.63) is 0 Å². The summed E-state index contributed by atoms with van der Waals surface area (Å²) in [7, 11) is 0. The van der Waals surface area contributed by atoms with Gasteiger partial charge in [-0.2, -0.15) is 0 Å². The molecule has 0 radical (unpaired) electrons. The van der Waals surface area contributed by atoms with Crippen LogP contribution in [0.1, 0.15) is 38.5 Å². The molecule has 4 amide bonds. The van der Waals surface area contributed by atoms with Gasteiger partial charge in [0.05, 0.1) is 0 Å². The Morgan fingerprint density at radius 2 is 0.818 bits per heavy atom. The molecule has 4 heterocycles. The summed E-state index contributed by atoms with van der Waals surface area (Å²) < 4.78 is 5.87. The van der Waals surface area contributed by atoms with E-state index in [0.717, 1.165) is 143 Å². The Hall–Kier alpha value is -1.58. The van der Waals surface area contributed by atoms with Crippen LogP contribution >= 0.6 is 0 Å². The van der Waals surface area contributed by atoms with E-state index < -0.39 is 0 Å². The third-order valence-corrected chi connectivity index (χ3v) is 7.56. The molecule has 4 rings (SSSR count). The van der Waals surface area contributed by atoms with Crippen molar-refractivity contribution in [3.63, 3.8) is 0 Å². The first-order valence-electron chi connectivity index (χ1n) is 13.3. The number of hydrogen-bond acceptors (Lipinski definition) is 5. The number of likely N-dealkylation sites (tertiary alicyclic amines) is 2. The minimum absolute atomic E-state index is 0.245. The number of carbonyl (C=O) groups is 2. The summed E-state index contributed by atoms with van der Waals surface area (Å²) >= 11 is 0. The van der Waals surface area contributed by atoms with Gasteiger partial charge in [0.2, 0.25) is 0 Å². The molecule has 4 aliphatic heterocycles. The van der Waals surface area contributed by atoms with Crippen LogP contribution in [0.4, 0.5) is 9.59 Å². The van der Waals surface area contributed by atoms with E-state index >= 15 is 0 Å². The number of urea groups is 2. The summed E-state index contributed by atoms with van der Waals surface area (Å²) in [4.78, 5) is 37.9. The topological polar surface area (TPSA) is 62.8 Å². The van der Waals surface area contributed by atoms with Crippen molar-refractivity contribution >= 4 is 12.1 Å². The summed E-state index contributed by atoms with van der Waals surface area (Å²) in [5.74, 6) is 0. The summed E-state index contributed by atoms with van der Waals surface area (Å²) in [5, 5.41) is 0. The first-order chi connectivity index (χ1) is 16.2. The molecule has 9 nitrogen and oxygen atoms in total. The van der Waals surface area contributed by atoms with Gasteiger partial charge in [-0.25, -0.2) is 9.59 Å². The maximum Gasteiger partial charge on any atom is 0.320 e. The van der Waals surface area contributed by atoms with Crippen LogP contribution in [0.3, 0.4) is 0 Å². The van der Waals surface area contributed by atoms with E-state index in [1.807, 2.05) is 19.6 Å². The second-order valence-corrected chi connectivity index (χ2v) is 9.93. The molecule has 0 bridgehead atoms. The first-order valence-corrected chi connectivity index (χ1v) is 13.3. The van der Waals surface area contributed by atoms with Gasteiger partial charge in [0, 0.05) is 105 Å². The minimum atomic E-state index is 0.245. The van der Waals surface area contributed by atoms with Crippen molar-refractivity contribution in [2.45, 2.75) is 38.5 Å². The van der Waals surface area contributed by atoms with Crippen LogP contribution in [0.2, 0.25) is 0 Å². The normalized spacial score (nSPS) is 23.0. The van der Waals surface area contributed by atoms with Crippen molar-refractivity contribution in [2.24, 2.45) is 0 Å². The summed E-state index contributed by atoms with van der Waals surface area (Å²) in [5.41, 5.74) is 0. The number of carbonyl (C=O) groups excluding carboxylic acids is 2. The van der Waals surface area contributed by atoms with Crippen molar-refractivity contribution < 1.29 is 14.3 Å². The fraction of sp³-hybridized carbons (Fsp3) is 0.917. The average Bonchev–Trinajstić information content (AvgIpc) is 3.58. The van der Waals surface area contributed by atoms with Crippen LogP contribution in [0.15, 0.2) is 0 Å². The smallest absolute Gasteiger partial charge is 0.320 e. The molecule has 0 aromatic carbocycles. The number of piperazine rings is 2. The van der Waals surface area contributed by atoms with E-state index in [4.69, 9.17) is 4.74 Å². The van der Waals surface area contributed by atoms with Crippen LogP contribution < -0.4 is 0 Å². The molecule has 188 valence electrons. The summed E-state index contributed by atoms with van der Waals surface area (Å²) in [6, 6.07) is 0.491. The third-order valence-electron chi connectivity index (χ3n) is 7.56. The van der Waals surface area contributed by atoms with Gasteiger partial charge in [-0.15, -0.1) is 0 Å². The fourth-order valence-corrected chi connectivity index (χ4v) is 5.42. The average molecular weight is 465 g/mol. The lowest BCUT2D eigenvalue weighted by molar-refractivity contribution is 0.0856. The molecule has 0 spiro atoms. The molecule has 0 aromatic heterocycles. The van der Waals surface area contributed by atoms with E-state index in [1.54, 1.807) is 0 Å². The van der Waals surface area contributed by atoms with Crippen molar-refractivity contribution in [1.82, 2.24) is 29.4 Å². The Morgan fingerprint density at radius 3 is 1.18 bits per heavy atom. The Morgan fingerprint density at radius 1 is 0.485 bits per heavy atom. The molecule has 0 saturated carbocycles. The highest BCUT2D eigenvalue weighted by Crippen LogP contribution is 2.14. The van der Waals surface area contributed by atoms with Crippen LogP contribution in [-0.2, 0) is 4.74 Å². The molecule has 33 heavy (non-hydrogen) atoms. The highest BCUT2D eigenvalue weighted by Gasteiger charge is 2.27. The van der Waals surface area contributed by atoms with E-state index in [9.17, 15) is 9.59 Å². The van der Waals surface area contributed by atoms with Gasteiger partial charge in [-0.1, -0.05) is 0 Å². The molecule has 4 saturated heterocycles. The zero-order valence-electron chi connectivity index (χ0n) is 20.5. The number of nitrogens with zero attached hydrogens (tertiary/aromatic N) is 6. The van der Waals surface area contributed by atoms with Gasteiger partial charge in [-0.3, -0.25) is 9.80 Å². The van der Waals surface area contributed by atoms with Crippen LogP contribution in [0, 0.1) is 0 Å². The van der Waals surface area contributed by atoms with Gasteiger partial charge in [-0.05, 0) is 38.5 Å². The maximum absolute atomic E-state index is 12.5. The van der Waals surface area contributed by atoms with Gasteiger partial charge in [0.25, 0.3) is 0 Å². The Bertz CT molecular complexity index is 555. The standard InChI is InChI=1S/C24H44N6O3/c31-23(27-9-1-2-10-27)29-17-13-25(14-18-29)7-5-21-33-22-6-8-26-15-19-30(20-16-26)24(32)28-11-3-4-12-28/h1-22H2. The predicted molar refractivity (Wildman–Crippen MR) is 128 cm³/mol. The number of rotatable bonds is 8. The second-order valence-electron chi connectivity index (χ2n) is 9.93. The largest absolute Gasteiger partial charge is 0.381 e. The Labute approximate surface area is 199 Å². The second kappa shape index (κ2) is 12.8. The molecule has 4 fully saturated rings. The maximum atomic E-state index is 12.5. The van der Waals surface area contributed by atoms with E-state index in [2.05, 4.69) is 9.80 Å². The molecule has 0 N–H and O–H groups in total. The SMILES string of the molecule is O=C(N1CCCC1)N1CCN(CCCOCCCN2CCN(C(=O)N3CCCC3)CC2)CC1. The van der Waals surface area contributed by atoms with Gasteiger partial charge < -0.3 is 24.3 Å². The summed E-state index contributed by atoms with van der Waals surface area (Å²) in [6.45, 7) is 14.8. The van der Waals surface area contributed by atoms with Crippen molar-refractivity contribution in [2.75, 3.05) is 105 Å². The Kier molecular flexibility index (Phi) is 9.49. The van der Waals surface area contributed by atoms with E-state index in [-0.39, 0.29) is 12.1 Å². The molecule has 4 aliphatic rings. The molecular formula is C24H44N6O3. The monoisotopic (exact) mass is 464 g/mol. The number of ether oxygens (including phenoxy) is 1. The van der Waals surface area contributed by atoms with Crippen LogP contribution in [0.5, 0.6) is 0 Å². The van der Waals surface area contributed by atoms with Gasteiger partial charge in [0.1, 0.15) is 0 Å². The fourth-order valence-electron chi connectivity index (χ4n) is 5.42. The zero-order chi connectivity index (χ0) is 22.9. The predicted octanol–water partition coefficient (Wildman–Crippen LogP) is 1.45. The number of amides is 4. The lowest BCUT2D eigenvalue weighted by Gasteiger charge is -2.36.